The van der Waals surface area contributed by atoms with Crippen molar-refractivity contribution in [2.75, 3.05) is 26.4 Å². The number of allylic oxidation sites excluding steroid dienone is 3. The van der Waals surface area contributed by atoms with Crippen LogP contribution in [0.3, 0.4) is 0 Å². The molecule has 19 heteroatoms. The minimum absolute atomic E-state index is 0.248. The van der Waals surface area contributed by atoms with E-state index < -0.39 is 124 Å². The maximum absolute atomic E-state index is 13.5. The number of ether oxygens (including phenoxy) is 6. The first-order valence-corrected chi connectivity index (χ1v) is 41.1. The number of hydrogen-bond donors (Lipinski definition) is 12. The molecule has 3 aliphatic rings. The first kappa shape index (κ1) is 91.5. The molecule has 0 spiro atoms. The second-order valence-corrected chi connectivity index (χ2v) is 29.6. The normalized spacial score (nSPS) is 26.7. The van der Waals surface area contributed by atoms with Gasteiger partial charge in [0.25, 0.3) is 0 Å². The molecule has 0 saturated carbocycles. The van der Waals surface area contributed by atoms with Crippen LogP contribution < -0.4 is 5.32 Å². The van der Waals surface area contributed by atoms with Gasteiger partial charge in [0.15, 0.2) is 18.9 Å². The fraction of sp³-hybridized carbons (Fsp3) is 0.938. The lowest BCUT2D eigenvalue weighted by Crippen LogP contribution is -2.66. The van der Waals surface area contributed by atoms with Gasteiger partial charge in [-0.2, -0.15) is 0 Å². The van der Waals surface area contributed by atoms with E-state index in [1.165, 1.54) is 276 Å². The Morgan fingerprint density at radius 3 is 0.980 bits per heavy atom. The van der Waals surface area contributed by atoms with Crippen molar-refractivity contribution in [2.45, 2.75) is 452 Å². The summed E-state index contributed by atoms with van der Waals surface area (Å²) in [5.41, 5.74) is 0. The van der Waals surface area contributed by atoms with Crippen LogP contribution >= 0.6 is 0 Å². The number of hydrogen-bond acceptors (Lipinski definition) is 18. The lowest BCUT2D eigenvalue weighted by molar-refractivity contribution is -0.379. The summed E-state index contributed by atoms with van der Waals surface area (Å²) >= 11 is 0. The predicted octanol–water partition coefficient (Wildman–Crippen LogP) is 13.7. The molecule has 1 amide bonds. The smallest absolute Gasteiger partial charge is 0.220 e. The van der Waals surface area contributed by atoms with Gasteiger partial charge in [0.05, 0.1) is 38.6 Å². The number of carbonyl (C=O) groups excluding carboxylic acids is 1. The molecule has 0 radical (unpaired) electrons. The van der Waals surface area contributed by atoms with Crippen LogP contribution in [0.5, 0.6) is 0 Å². The summed E-state index contributed by atoms with van der Waals surface area (Å²) in [5, 5.41) is 121. The summed E-state index contributed by atoms with van der Waals surface area (Å²) in [6.45, 7) is 1.80. The monoisotopic (exact) mass is 1410 g/mol. The van der Waals surface area contributed by atoms with Gasteiger partial charge >= 0.3 is 0 Å². The molecule has 0 aromatic rings. The zero-order valence-electron chi connectivity index (χ0n) is 62.5. The predicted molar refractivity (Wildman–Crippen MR) is 393 cm³/mol. The highest BCUT2D eigenvalue weighted by Crippen LogP contribution is 2.33. The summed E-state index contributed by atoms with van der Waals surface area (Å²) in [4.78, 5) is 13.5. The topological polar surface area (TPSA) is 307 Å². The summed E-state index contributed by atoms with van der Waals surface area (Å²) in [6, 6.07) is -0.972. The number of aliphatic hydroxyl groups excluding tert-OH is 11. The standard InChI is InChI=1S/C80H151NO18/c1-3-5-7-9-11-13-15-17-19-21-23-25-27-28-29-30-31-32-33-34-36-38-40-42-44-46-48-50-52-54-56-58-68(86)81-63(64(85)57-55-53-51-49-47-45-43-41-39-37-35-26-24-22-20-18-16-14-12-10-8-6-4-2)62-94-78-74(92)71(89)76(66(60-83)96-78)99-80-75(93)72(90)77(67(61-84)97-80)98-79-73(91)70(88)69(87)65(59-82)95-79/h21,23,55,57,63-67,69-80,82-85,87-93H,3-20,22,24-54,56,58-62H2,1-2H3,(H,81,86)/b23-21-,57-55+. The molecule has 0 bridgehead atoms. The number of rotatable bonds is 66. The number of unbranched alkanes of at least 4 members (excludes halogenated alkanes) is 48. The molecule has 3 saturated heterocycles. The van der Waals surface area contributed by atoms with Crippen LogP contribution in [0.25, 0.3) is 0 Å². The van der Waals surface area contributed by atoms with E-state index in [0.717, 1.165) is 44.9 Å². The van der Waals surface area contributed by atoms with E-state index in [-0.39, 0.29) is 18.9 Å². The lowest BCUT2D eigenvalue weighted by atomic mass is 9.96. The summed E-state index contributed by atoms with van der Waals surface area (Å²) in [6.07, 6.45) is 47.4. The Labute approximate surface area is 600 Å². The molecule has 0 aromatic carbocycles. The van der Waals surface area contributed by atoms with E-state index in [2.05, 4.69) is 31.3 Å². The van der Waals surface area contributed by atoms with Crippen molar-refractivity contribution in [3.63, 3.8) is 0 Å². The molecule has 3 rings (SSSR count). The average Bonchev–Trinajstić information content (AvgIpc) is 0.577. The third-order valence-corrected chi connectivity index (χ3v) is 20.7. The second kappa shape index (κ2) is 61.4. The van der Waals surface area contributed by atoms with Gasteiger partial charge < -0.3 is 89.9 Å². The Kier molecular flexibility index (Phi) is 56.8. The molecule has 0 aromatic heterocycles. The van der Waals surface area contributed by atoms with Crippen molar-refractivity contribution in [2.24, 2.45) is 0 Å². The highest BCUT2D eigenvalue weighted by atomic mass is 16.8. The third kappa shape index (κ3) is 41.7. The van der Waals surface area contributed by atoms with Gasteiger partial charge in [-0.1, -0.05) is 321 Å². The fourth-order valence-electron chi connectivity index (χ4n) is 14.1. The molecule has 3 fully saturated rings. The fourth-order valence-corrected chi connectivity index (χ4v) is 14.1. The van der Waals surface area contributed by atoms with E-state index in [1.54, 1.807) is 6.08 Å². The summed E-state index contributed by atoms with van der Waals surface area (Å²) in [7, 11) is 0. The Morgan fingerprint density at radius 2 is 0.636 bits per heavy atom. The molecule has 19 nitrogen and oxygen atoms in total. The number of aliphatic hydroxyl groups is 11. The molecule has 17 unspecified atom stereocenters. The zero-order valence-corrected chi connectivity index (χ0v) is 62.5. The van der Waals surface area contributed by atoms with E-state index in [0.29, 0.717) is 6.42 Å². The Morgan fingerprint density at radius 1 is 0.354 bits per heavy atom. The summed E-state index contributed by atoms with van der Waals surface area (Å²) in [5.74, 6) is -0.268. The van der Waals surface area contributed by atoms with E-state index in [9.17, 15) is 61.0 Å². The first-order chi connectivity index (χ1) is 48.3. The van der Waals surface area contributed by atoms with Crippen molar-refractivity contribution in [1.82, 2.24) is 5.32 Å². The lowest BCUT2D eigenvalue weighted by Gasteiger charge is -2.48. The number of amides is 1. The van der Waals surface area contributed by atoms with E-state index >= 15 is 0 Å². The second-order valence-electron chi connectivity index (χ2n) is 29.6. The SMILES string of the molecule is CCCCCCCCCC/C=C\CCCCCCCCCCCCCCCCCCCCCC(=O)NC(COC1OC(CO)C(OC2OC(CO)C(OC3OC(CO)C(O)C(O)C3O)C(O)C2O)C(O)C1O)C(O)/C=C/CCCCCCCCCCCCCCCCCCCCCCC. The van der Waals surface area contributed by atoms with Gasteiger partial charge in [0, 0.05) is 6.42 Å². The van der Waals surface area contributed by atoms with Gasteiger partial charge in [-0.05, 0) is 44.9 Å². The Bertz CT molecular complexity index is 1880. The molecule has 584 valence electrons. The van der Waals surface area contributed by atoms with Gasteiger partial charge in [-0.25, -0.2) is 0 Å². The van der Waals surface area contributed by atoms with Crippen LogP contribution in [-0.2, 0) is 33.2 Å². The number of carbonyl (C=O) groups is 1. The van der Waals surface area contributed by atoms with E-state index in [4.69, 9.17) is 28.4 Å². The van der Waals surface area contributed by atoms with Crippen molar-refractivity contribution in [3.8, 4) is 0 Å². The molecule has 12 N–H and O–H groups in total. The Hall–Kier alpha value is -1.73. The average molecular weight is 1420 g/mol. The molecule has 3 heterocycles. The highest BCUT2D eigenvalue weighted by molar-refractivity contribution is 5.76. The molecular weight excluding hydrogens is 1260 g/mol. The van der Waals surface area contributed by atoms with Crippen molar-refractivity contribution in [3.05, 3.63) is 24.3 Å². The van der Waals surface area contributed by atoms with Crippen LogP contribution in [0.15, 0.2) is 24.3 Å². The van der Waals surface area contributed by atoms with Crippen LogP contribution in [-0.4, -0.2) is 193 Å². The van der Waals surface area contributed by atoms with Crippen LogP contribution in [0.2, 0.25) is 0 Å². The van der Waals surface area contributed by atoms with Crippen molar-refractivity contribution >= 4 is 5.91 Å². The summed E-state index contributed by atoms with van der Waals surface area (Å²) < 4.78 is 34.5. The van der Waals surface area contributed by atoms with Crippen LogP contribution in [0.4, 0.5) is 0 Å². The van der Waals surface area contributed by atoms with Crippen molar-refractivity contribution < 1.29 is 89.4 Å². The minimum Gasteiger partial charge on any atom is -0.394 e. The third-order valence-electron chi connectivity index (χ3n) is 20.7. The maximum Gasteiger partial charge on any atom is 0.220 e. The van der Waals surface area contributed by atoms with Gasteiger partial charge in [-0.15, -0.1) is 0 Å². The minimum atomic E-state index is -1.98. The largest absolute Gasteiger partial charge is 0.394 e. The molecular formula is C80H151NO18. The van der Waals surface area contributed by atoms with Gasteiger partial charge in [-0.3, -0.25) is 4.79 Å². The van der Waals surface area contributed by atoms with Crippen LogP contribution in [0.1, 0.15) is 348 Å². The quantitative estimate of drug-likeness (QED) is 0.0199. The Balaban J connectivity index is 1.36. The number of nitrogens with one attached hydrogen (secondary N) is 1. The van der Waals surface area contributed by atoms with E-state index in [1.807, 2.05) is 6.08 Å². The molecule has 0 aliphatic carbocycles. The molecule has 17 atom stereocenters. The van der Waals surface area contributed by atoms with Crippen LogP contribution in [0, 0.1) is 0 Å². The highest BCUT2D eigenvalue weighted by Gasteiger charge is 2.54. The maximum atomic E-state index is 13.5. The molecule has 3 aliphatic heterocycles. The van der Waals surface area contributed by atoms with Gasteiger partial charge in [0.2, 0.25) is 5.91 Å². The molecule has 99 heavy (non-hydrogen) atoms. The van der Waals surface area contributed by atoms with Gasteiger partial charge in [0.1, 0.15) is 73.2 Å². The van der Waals surface area contributed by atoms with Crippen molar-refractivity contribution in [1.29, 1.82) is 0 Å². The zero-order chi connectivity index (χ0) is 71.8. The first-order valence-electron chi connectivity index (χ1n) is 41.1.